The number of nitrogens with zero attached hydrogens (tertiary/aromatic N) is 1. The Kier molecular flexibility index (Phi) is 7.38. The van der Waals surface area contributed by atoms with Gasteiger partial charge in [0.25, 0.3) is 0 Å². The minimum Gasteiger partial charge on any atom is -0.381 e. The summed E-state index contributed by atoms with van der Waals surface area (Å²) in [6.07, 6.45) is 3.13. The van der Waals surface area contributed by atoms with Crippen LogP contribution in [-0.4, -0.2) is 46.4 Å². The minimum absolute atomic E-state index is 0.216. The van der Waals surface area contributed by atoms with E-state index >= 15 is 0 Å². The Morgan fingerprint density at radius 3 is 2.39 bits per heavy atom. The van der Waals surface area contributed by atoms with Crippen molar-refractivity contribution in [2.45, 2.75) is 44.6 Å². The summed E-state index contributed by atoms with van der Waals surface area (Å²) in [6, 6.07) is 16.6. The Morgan fingerprint density at radius 1 is 1.13 bits per heavy atom. The van der Waals surface area contributed by atoms with E-state index in [0.29, 0.717) is 31.9 Å². The molecule has 6 nitrogen and oxygen atoms in total. The van der Waals surface area contributed by atoms with Crippen LogP contribution in [0.4, 0.5) is 5.69 Å². The highest BCUT2D eigenvalue weighted by molar-refractivity contribution is 7.92. The van der Waals surface area contributed by atoms with Crippen LogP contribution in [0, 0.1) is 6.92 Å². The van der Waals surface area contributed by atoms with E-state index in [1.54, 1.807) is 18.2 Å². The first-order valence-corrected chi connectivity index (χ1v) is 12.6. The lowest BCUT2D eigenvalue weighted by atomic mass is 9.74. The van der Waals surface area contributed by atoms with Crippen LogP contribution in [0.5, 0.6) is 0 Å². The number of anilines is 1. The molecule has 1 amide bonds. The summed E-state index contributed by atoms with van der Waals surface area (Å²) in [6.45, 7) is 5.46. The number of carbonyl (C=O) groups excluding carboxylic acids is 1. The fourth-order valence-corrected chi connectivity index (χ4v) is 5.52. The second-order valence-electron chi connectivity index (χ2n) is 8.30. The SMILES string of the molecule is CC[C@@H](C(=O)NCC1(c2ccccc2)CCOCC1)N(c1cccc(C)c1)S(C)(=O)=O. The minimum atomic E-state index is -3.65. The molecule has 1 atom stereocenters. The summed E-state index contributed by atoms with van der Waals surface area (Å²) in [5, 5.41) is 3.08. The maximum atomic E-state index is 13.3. The van der Waals surface area contributed by atoms with E-state index in [-0.39, 0.29) is 11.3 Å². The van der Waals surface area contributed by atoms with Crippen LogP contribution in [0.1, 0.15) is 37.3 Å². The van der Waals surface area contributed by atoms with Crippen molar-refractivity contribution in [1.29, 1.82) is 0 Å². The van der Waals surface area contributed by atoms with Gasteiger partial charge >= 0.3 is 0 Å². The van der Waals surface area contributed by atoms with Crippen molar-refractivity contribution >= 4 is 21.6 Å². The Bertz CT molecular complexity index is 986. The summed E-state index contributed by atoms with van der Waals surface area (Å²) in [4.78, 5) is 13.3. The molecule has 0 aliphatic carbocycles. The third-order valence-corrected chi connectivity index (χ3v) is 7.20. The summed E-state index contributed by atoms with van der Waals surface area (Å²) < 4.78 is 32.2. The highest BCUT2D eigenvalue weighted by atomic mass is 32.2. The van der Waals surface area contributed by atoms with Crippen molar-refractivity contribution in [3.63, 3.8) is 0 Å². The van der Waals surface area contributed by atoms with E-state index in [9.17, 15) is 13.2 Å². The number of hydrogen-bond donors (Lipinski definition) is 1. The Labute approximate surface area is 185 Å². The Hall–Kier alpha value is -2.38. The van der Waals surface area contributed by atoms with Crippen molar-refractivity contribution < 1.29 is 17.9 Å². The van der Waals surface area contributed by atoms with Gasteiger partial charge in [0.1, 0.15) is 6.04 Å². The highest BCUT2D eigenvalue weighted by Gasteiger charge is 2.37. The number of nitrogens with one attached hydrogen (secondary N) is 1. The van der Waals surface area contributed by atoms with E-state index in [4.69, 9.17) is 4.74 Å². The smallest absolute Gasteiger partial charge is 0.243 e. The second kappa shape index (κ2) is 9.83. The molecule has 7 heteroatoms. The molecule has 0 aromatic heterocycles. The summed E-state index contributed by atoms with van der Waals surface area (Å²) in [5.74, 6) is -0.281. The van der Waals surface area contributed by atoms with Crippen molar-refractivity contribution in [1.82, 2.24) is 5.32 Å². The molecule has 1 N–H and O–H groups in total. The quantitative estimate of drug-likeness (QED) is 0.677. The molecule has 0 spiro atoms. The molecule has 31 heavy (non-hydrogen) atoms. The molecule has 2 aromatic rings. The maximum absolute atomic E-state index is 13.3. The molecule has 3 rings (SSSR count). The zero-order valence-corrected chi connectivity index (χ0v) is 19.3. The number of aryl methyl sites for hydroxylation is 1. The third-order valence-electron chi connectivity index (χ3n) is 6.02. The molecular weight excluding hydrogens is 412 g/mol. The van der Waals surface area contributed by atoms with Crippen molar-refractivity contribution in [2.75, 3.05) is 30.3 Å². The molecule has 1 saturated heterocycles. The number of rotatable bonds is 8. The van der Waals surface area contributed by atoms with Crippen molar-refractivity contribution in [2.24, 2.45) is 0 Å². The van der Waals surface area contributed by atoms with Crippen LogP contribution < -0.4 is 9.62 Å². The number of sulfonamides is 1. The monoisotopic (exact) mass is 444 g/mol. The molecule has 2 aromatic carbocycles. The van der Waals surface area contributed by atoms with E-state index in [0.717, 1.165) is 24.7 Å². The fourth-order valence-electron chi connectivity index (χ4n) is 4.32. The van der Waals surface area contributed by atoms with Crippen molar-refractivity contribution in [3.05, 3.63) is 65.7 Å². The number of ether oxygens (including phenoxy) is 1. The zero-order chi connectivity index (χ0) is 22.5. The number of hydrogen-bond acceptors (Lipinski definition) is 4. The van der Waals surface area contributed by atoms with Gasteiger partial charge in [-0.1, -0.05) is 49.4 Å². The maximum Gasteiger partial charge on any atom is 0.243 e. The zero-order valence-electron chi connectivity index (χ0n) is 18.5. The van der Waals surface area contributed by atoms with Gasteiger partial charge in [-0.3, -0.25) is 9.10 Å². The molecule has 1 aliphatic rings. The highest BCUT2D eigenvalue weighted by Crippen LogP contribution is 2.34. The first-order valence-electron chi connectivity index (χ1n) is 10.7. The summed E-state index contributed by atoms with van der Waals surface area (Å²) >= 11 is 0. The van der Waals surface area contributed by atoms with Crippen LogP contribution in [0.3, 0.4) is 0 Å². The molecule has 0 radical (unpaired) electrons. The lowest BCUT2D eigenvalue weighted by molar-refractivity contribution is -0.122. The van der Waals surface area contributed by atoms with Gasteiger partial charge in [0.2, 0.25) is 15.9 Å². The van der Waals surface area contributed by atoms with E-state index in [1.165, 1.54) is 9.87 Å². The van der Waals surface area contributed by atoms with Crippen LogP contribution in [0.2, 0.25) is 0 Å². The lowest BCUT2D eigenvalue weighted by Gasteiger charge is -2.39. The molecule has 1 fully saturated rings. The van der Waals surface area contributed by atoms with Crippen LogP contribution >= 0.6 is 0 Å². The number of amides is 1. The van der Waals surface area contributed by atoms with E-state index in [1.807, 2.05) is 38.1 Å². The standard InChI is InChI=1S/C24H32N2O4S/c1-4-22(26(31(3,28)29)21-12-8-9-19(2)17-21)23(27)25-18-24(13-15-30-16-14-24)20-10-6-5-7-11-20/h5-12,17,22H,4,13-16,18H2,1-3H3,(H,25,27)/t22-/m0/s1. The predicted molar refractivity (Wildman–Crippen MR) is 124 cm³/mol. The summed E-state index contributed by atoms with van der Waals surface area (Å²) in [7, 11) is -3.65. The van der Waals surface area contributed by atoms with Crippen LogP contribution in [-0.2, 0) is 25.0 Å². The average Bonchev–Trinajstić information content (AvgIpc) is 2.76. The van der Waals surface area contributed by atoms with Gasteiger partial charge < -0.3 is 10.1 Å². The van der Waals surface area contributed by atoms with Crippen LogP contribution in [0.15, 0.2) is 54.6 Å². The van der Waals surface area contributed by atoms with Gasteiger partial charge in [0.15, 0.2) is 0 Å². The number of carbonyl (C=O) groups is 1. The largest absolute Gasteiger partial charge is 0.381 e. The first kappa shape index (κ1) is 23.3. The topological polar surface area (TPSA) is 75.7 Å². The normalized spacial score (nSPS) is 17.0. The van der Waals surface area contributed by atoms with Gasteiger partial charge in [-0.15, -0.1) is 0 Å². The molecule has 0 saturated carbocycles. The van der Waals surface area contributed by atoms with Gasteiger partial charge in [-0.25, -0.2) is 8.42 Å². The average molecular weight is 445 g/mol. The second-order valence-corrected chi connectivity index (χ2v) is 10.2. The van der Waals surface area contributed by atoms with Gasteiger partial charge in [0, 0.05) is 25.2 Å². The van der Waals surface area contributed by atoms with Crippen molar-refractivity contribution in [3.8, 4) is 0 Å². The Morgan fingerprint density at radius 2 is 1.81 bits per heavy atom. The van der Waals surface area contributed by atoms with Gasteiger partial charge in [0.05, 0.1) is 11.9 Å². The lowest BCUT2D eigenvalue weighted by Crippen LogP contribution is -2.52. The molecule has 168 valence electrons. The molecular formula is C24H32N2O4S. The van der Waals surface area contributed by atoms with Gasteiger partial charge in [-0.2, -0.15) is 0 Å². The molecule has 1 heterocycles. The van der Waals surface area contributed by atoms with E-state index < -0.39 is 16.1 Å². The van der Waals surface area contributed by atoms with Gasteiger partial charge in [-0.05, 0) is 49.4 Å². The molecule has 1 aliphatic heterocycles. The third kappa shape index (κ3) is 5.46. The molecule has 0 bridgehead atoms. The first-order chi connectivity index (χ1) is 14.8. The van der Waals surface area contributed by atoms with E-state index in [2.05, 4.69) is 17.4 Å². The molecule has 0 unspecified atom stereocenters. The fraction of sp³-hybridized carbons (Fsp3) is 0.458. The summed E-state index contributed by atoms with van der Waals surface area (Å²) in [5.41, 5.74) is 2.40. The number of benzene rings is 2. The Balaban J connectivity index is 1.85. The predicted octanol–water partition coefficient (Wildman–Crippen LogP) is 3.40. The van der Waals surface area contributed by atoms with Crippen LogP contribution in [0.25, 0.3) is 0 Å².